The third-order valence-corrected chi connectivity index (χ3v) is 5.17. The van der Waals surface area contributed by atoms with E-state index in [0.717, 1.165) is 5.56 Å². The van der Waals surface area contributed by atoms with Gasteiger partial charge in [-0.25, -0.2) is 9.97 Å². The fraction of sp³-hybridized carbons (Fsp3) is 0.143. The van der Waals surface area contributed by atoms with Crippen LogP contribution in [-0.4, -0.2) is 20.7 Å². The van der Waals surface area contributed by atoms with Gasteiger partial charge in [-0.15, -0.1) is 0 Å². The molecule has 0 N–H and O–H groups in total. The number of oxazole rings is 1. The van der Waals surface area contributed by atoms with Crippen LogP contribution in [0.4, 0.5) is 13.2 Å². The lowest BCUT2D eigenvalue weighted by Crippen LogP contribution is -2.19. The lowest BCUT2D eigenvalue weighted by atomic mass is 10.2. The zero-order chi connectivity index (χ0) is 20.3. The Morgan fingerprint density at radius 3 is 2.24 bits per heavy atom. The van der Waals surface area contributed by atoms with E-state index in [1.807, 2.05) is 36.4 Å². The third kappa shape index (κ3) is 4.71. The van der Waals surface area contributed by atoms with Crippen LogP contribution in [0.15, 0.2) is 82.7 Å². The summed E-state index contributed by atoms with van der Waals surface area (Å²) in [6.45, 7) is -1.10. The van der Waals surface area contributed by atoms with Crippen molar-refractivity contribution >= 4 is 11.8 Å². The van der Waals surface area contributed by atoms with Crippen LogP contribution >= 0.6 is 11.8 Å². The summed E-state index contributed by atoms with van der Waals surface area (Å²) < 4.78 is 46.2. The summed E-state index contributed by atoms with van der Waals surface area (Å²) in [6.07, 6.45) is -1.36. The molecule has 148 valence electrons. The summed E-state index contributed by atoms with van der Waals surface area (Å²) in [4.78, 5) is 8.64. The second-order valence-electron chi connectivity index (χ2n) is 6.29. The van der Waals surface area contributed by atoms with Gasteiger partial charge >= 0.3 is 6.18 Å². The predicted octanol–water partition coefficient (Wildman–Crippen LogP) is 6.06. The highest BCUT2D eigenvalue weighted by atomic mass is 32.2. The molecule has 0 atom stereocenters. The first kappa shape index (κ1) is 19.3. The number of nitrogens with zero attached hydrogens (tertiary/aromatic N) is 3. The van der Waals surface area contributed by atoms with Crippen LogP contribution in [0, 0.1) is 0 Å². The summed E-state index contributed by atoms with van der Waals surface area (Å²) in [5.74, 6) is 0.823. The normalized spacial score (nSPS) is 11.7. The van der Waals surface area contributed by atoms with Gasteiger partial charge in [0.05, 0.1) is 17.6 Å². The molecule has 2 aromatic heterocycles. The van der Waals surface area contributed by atoms with Crippen LogP contribution in [0.5, 0.6) is 0 Å². The van der Waals surface area contributed by atoms with E-state index in [4.69, 9.17) is 4.42 Å². The van der Waals surface area contributed by atoms with Crippen molar-refractivity contribution in [3.8, 4) is 22.7 Å². The van der Waals surface area contributed by atoms with Crippen molar-refractivity contribution in [1.29, 1.82) is 0 Å². The molecule has 0 fully saturated rings. The van der Waals surface area contributed by atoms with Crippen LogP contribution in [0.2, 0.25) is 0 Å². The molecular weight excluding hydrogens is 399 g/mol. The second kappa shape index (κ2) is 8.16. The quantitative estimate of drug-likeness (QED) is 0.359. The lowest BCUT2D eigenvalue weighted by Gasteiger charge is -2.14. The van der Waals surface area contributed by atoms with Crippen LogP contribution in [0.3, 0.4) is 0 Å². The van der Waals surface area contributed by atoms with Gasteiger partial charge in [-0.3, -0.25) is 0 Å². The Labute approximate surface area is 169 Å². The average molecular weight is 415 g/mol. The van der Waals surface area contributed by atoms with E-state index < -0.39 is 12.7 Å². The molecular formula is C21H16F3N3OS. The first-order valence-corrected chi connectivity index (χ1v) is 9.78. The summed E-state index contributed by atoms with van der Waals surface area (Å²) in [7, 11) is 0. The number of halogens is 3. The second-order valence-corrected chi connectivity index (χ2v) is 7.23. The van der Waals surface area contributed by atoms with Crippen LogP contribution < -0.4 is 0 Å². The van der Waals surface area contributed by atoms with E-state index in [1.54, 1.807) is 24.3 Å². The van der Waals surface area contributed by atoms with Gasteiger partial charge in [0.1, 0.15) is 12.8 Å². The van der Waals surface area contributed by atoms with Crippen molar-refractivity contribution in [2.45, 2.75) is 23.6 Å². The molecule has 4 nitrogen and oxygen atoms in total. The Bertz CT molecular complexity index is 1080. The van der Waals surface area contributed by atoms with E-state index >= 15 is 0 Å². The zero-order valence-electron chi connectivity index (χ0n) is 15.1. The minimum atomic E-state index is -4.35. The van der Waals surface area contributed by atoms with Crippen molar-refractivity contribution in [3.63, 3.8) is 0 Å². The van der Waals surface area contributed by atoms with Gasteiger partial charge in [0, 0.05) is 11.3 Å². The van der Waals surface area contributed by atoms with Crippen molar-refractivity contribution < 1.29 is 17.6 Å². The molecule has 0 aliphatic rings. The van der Waals surface area contributed by atoms with Crippen molar-refractivity contribution in [1.82, 2.24) is 14.5 Å². The van der Waals surface area contributed by atoms with Gasteiger partial charge in [0.25, 0.3) is 0 Å². The number of hydrogen-bond acceptors (Lipinski definition) is 4. The maximum atomic E-state index is 13.2. The molecule has 0 bridgehead atoms. The molecule has 29 heavy (non-hydrogen) atoms. The van der Waals surface area contributed by atoms with Crippen molar-refractivity contribution in [2.24, 2.45) is 0 Å². The smallest absolute Gasteiger partial charge is 0.406 e. The molecule has 4 aromatic rings. The first-order chi connectivity index (χ1) is 14.0. The Morgan fingerprint density at radius 2 is 1.59 bits per heavy atom. The number of alkyl halides is 3. The molecule has 0 saturated carbocycles. The van der Waals surface area contributed by atoms with Gasteiger partial charge in [0.2, 0.25) is 5.89 Å². The number of aromatic nitrogens is 3. The molecule has 0 saturated heterocycles. The third-order valence-electron chi connectivity index (χ3n) is 4.15. The molecule has 0 radical (unpaired) electrons. The highest BCUT2D eigenvalue weighted by Crippen LogP contribution is 2.31. The number of thioether (sulfide) groups is 1. The van der Waals surface area contributed by atoms with E-state index in [2.05, 4.69) is 9.97 Å². The standard InChI is InChI=1S/C21H16F3N3OS/c22-21(23,24)14-27-18(15-7-3-1-4-8-15)11-25-20(27)29-13-17-12-28-19(26-17)16-9-5-2-6-10-16/h1-12H,13-14H2. The Morgan fingerprint density at radius 1 is 0.931 bits per heavy atom. The summed E-state index contributed by atoms with van der Waals surface area (Å²) >= 11 is 1.19. The highest BCUT2D eigenvalue weighted by molar-refractivity contribution is 7.98. The number of benzene rings is 2. The molecule has 0 amide bonds. The van der Waals surface area contributed by atoms with E-state index in [0.29, 0.717) is 28.6 Å². The molecule has 4 rings (SSSR count). The number of hydrogen-bond donors (Lipinski definition) is 0. The van der Waals surface area contributed by atoms with Crippen LogP contribution in [0.1, 0.15) is 5.69 Å². The SMILES string of the molecule is FC(F)(F)Cn1c(-c2ccccc2)cnc1SCc1coc(-c2ccccc2)n1. The highest BCUT2D eigenvalue weighted by Gasteiger charge is 2.30. The molecule has 2 heterocycles. The van der Waals surface area contributed by atoms with E-state index in [9.17, 15) is 13.2 Å². The molecule has 2 aromatic carbocycles. The monoisotopic (exact) mass is 415 g/mol. The Balaban J connectivity index is 1.56. The largest absolute Gasteiger partial charge is 0.444 e. The lowest BCUT2D eigenvalue weighted by molar-refractivity contribution is -0.141. The van der Waals surface area contributed by atoms with Crippen LogP contribution in [-0.2, 0) is 12.3 Å². The van der Waals surface area contributed by atoms with Gasteiger partial charge in [-0.05, 0) is 17.7 Å². The predicted molar refractivity (Wildman–Crippen MR) is 105 cm³/mol. The maximum absolute atomic E-state index is 13.2. The van der Waals surface area contributed by atoms with Gasteiger partial charge in [0.15, 0.2) is 5.16 Å². The first-order valence-electron chi connectivity index (χ1n) is 8.80. The molecule has 0 aliphatic carbocycles. The molecule has 8 heteroatoms. The van der Waals surface area contributed by atoms with Crippen LogP contribution in [0.25, 0.3) is 22.7 Å². The van der Waals surface area contributed by atoms with E-state index in [-0.39, 0.29) is 5.16 Å². The summed E-state index contributed by atoms with van der Waals surface area (Å²) in [5, 5.41) is 0.283. The minimum Gasteiger partial charge on any atom is -0.444 e. The average Bonchev–Trinajstić information content (AvgIpc) is 3.34. The molecule has 0 aliphatic heterocycles. The molecule has 0 spiro atoms. The molecule has 0 unspecified atom stereocenters. The van der Waals surface area contributed by atoms with Crippen molar-refractivity contribution in [2.75, 3.05) is 0 Å². The minimum absolute atomic E-state index is 0.283. The topological polar surface area (TPSA) is 43.9 Å². The Hall–Kier alpha value is -3.00. The zero-order valence-corrected chi connectivity index (χ0v) is 16.0. The number of rotatable bonds is 6. The summed E-state index contributed by atoms with van der Waals surface area (Å²) in [6, 6.07) is 18.3. The van der Waals surface area contributed by atoms with Crippen molar-refractivity contribution in [3.05, 3.63) is 78.8 Å². The number of imidazole rings is 1. The van der Waals surface area contributed by atoms with Gasteiger partial charge in [-0.2, -0.15) is 13.2 Å². The fourth-order valence-corrected chi connectivity index (χ4v) is 3.73. The summed E-state index contributed by atoms with van der Waals surface area (Å²) in [5.41, 5.74) is 2.59. The van der Waals surface area contributed by atoms with Gasteiger partial charge in [-0.1, -0.05) is 60.3 Å². The fourth-order valence-electron chi connectivity index (χ4n) is 2.87. The maximum Gasteiger partial charge on any atom is 0.406 e. The van der Waals surface area contributed by atoms with E-state index in [1.165, 1.54) is 28.8 Å². The van der Waals surface area contributed by atoms with Gasteiger partial charge < -0.3 is 8.98 Å². The Kier molecular flexibility index (Phi) is 5.44.